The van der Waals surface area contributed by atoms with Crippen LogP contribution in [0.15, 0.2) is 18.2 Å². The summed E-state index contributed by atoms with van der Waals surface area (Å²) in [6, 6.07) is 4.36. The van der Waals surface area contributed by atoms with Crippen LogP contribution in [0.1, 0.15) is 19.4 Å². The Hall–Kier alpha value is -1.13. The van der Waals surface area contributed by atoms with Crippen molar-refractivity contribution in [2.75, 3.05) is 6.61 Å². The van der Waals surface area contributed by atoms with E-state index in [0.717, 1.165) is 0 Å². The number of hydrogen-bond acceptors (Lipinski definition) is 3. The van der Waals surface area contributed by atoms with Gasteiger partial charge in [0.15, 0.2) is 11.6 Å². The number of rotatable bonds is 5. The zero-order valence-electron chi connectivity index (χ0n) is 9.57. The van der Waals surface area contributed by atoms with Crippen molar-refractivity contribution in [3.05, 3.63) is 29.6 Å². The molecule has 1 aromatic rings. The van der Waals surface area contributed by atoms with E-state index in [2.05, 4.69) is 5.32 Å². The van der Waals surface area contributed by atoms with E-state index in [1.807, 2.05) is 13.8 Å². The molecule has 0 aromatic heterocycles. The van der Waals surface area contributed by atoms with Crippen LogP contribution in [0.5, 0.6) is 5.75 Å². The minimum atomic E-state index is -0.621. The van der Waals surface area contributed by atoms with Crippen molar-refractivity contribution in [1.29, 1.82) is 0 Å². The van der Waals surface area contributed by atoms with E-state index in [1.54, 1.807) is 12.1 Å². The summed E-state index contributed by atoms with van der Waals surface area (Å²) in [7, 11) is 0. The number of benzene rings is 1. The van der Waals surface area contributed by atoms with Gasteiger partial charge in [-0.1, -0.05) is 26.0 Å². The van der Waals surface area contributed by atoms with E-state index in [4.69, 9.17) is 5.11 Å². The van der Waals surface area contributed by atoms with Crippen molar-refractivity contribution >= 4 is 0 Å². The smallest absolute Gasteiger partial charge is 0.165 e. The third kappa shape index (κ3) is 3.18. The molecule has 0 aliphatic rings. The molecule has 16 heavy (non-hydrogen) atoms. The molecule has 0 unspecified atom stereocenters. The molecule has 1 aromatic carbocycles. The molecule has 0 aliphatic heterocycles. The highest BCUT2D eigenvalue weighted by Gasteiger charge is 2.13. The maximum absolute atomic E-state index is 13.0. The zero-order valence-corrected chi connectivity index (χ0v) is 9.57. The van der Waals surface area contributed by atoms with E-state index < -0.39 is 5.82 Å². The second-order valence-electron chi connectivity index (χ2n) is 4.16. The van der Waals surface area contributed by atoms with Gasteiger partial charge in [0.25, 0.3) is 0 Å². The van der Waals surface area contributed by atoms with Crippen molar-refractivity contribution in [2.45, 2.75) is 26.4 Å². The molecule has 0 spiro atoms. The Morgan fingerprint density at radius 2 is 2.06 bits per heavy atom. The fourth-order valence-corrected chi connectivity index (χ4v) is 1.45. The van der Waals surface area contributed by atoms with E-state index in [1.165, 1.54) is 6.07 Å². The van der Waals surface area contributed by atoms with Gasteiger partial charge in [0.2, 0.25) is 0 Å². The normalized spacial score (nSPS) is 13.1. The van der Waals surface area contributed by atoms with Gasteiger partial charge in [0.05, 0.1) is 6.61 Å². The average molecular weight is 227 g/mol. The van der Waals surface area contributed by atoms with Crippen LogP contribution in [0.2, 0.25) is 0 Å². The number of nitrogens with one attached hydrogen (secondary N) is 1. The van der Waals surface area contributed by atoms with E-state index in [-0.39, 0.29) is 24.3 Å². The van der Waals surface area contributed by atoms with Crippen LogP contribution in [0.4, 0.5) is 4.39 Å². The average Bonchev–Trinajstić information content (AvgIpc) is 2.24. The Balaban J connectivity index is 2.64. The molecule has 0 heterocycles. The molecule has 0 fully saturated rings. The molecule has 90 valence electrons. The van der Waals surface area contributed by atoms with Crippen molar-refractivity contribution in [1.82, 2.24) is 5.32 Å². The number of aliphatic hydroxyl groups excluding tert-OH is 1. The Morgan fingerprint density at radius 3 is 2.62 bits per heavy atom. The Morgan fingerprint density at radius 1 is 1.38 bits per heavy atom. The van der Waals surface area contributed by atoms with Crippen LogP contribution in [0.25, 0.3) is 0 Å². The first kappa shape index (κ1) is 12.9. The molecule has 0 aliphatic carbocycles. The van der Waals surface area contributed by atoms with Crippen LogP contribution in [0, 0.1) is 11.7 Å². The van der Waals surface area contributed by atoms with E-state index >= 15 is 0 Å². The lowest BCUT2D eigenvalue weighted by atomic mass is 10.0. The predicted molar refractivity (Wildman–Crippen MR) is 60.6 cm³/mol. The van der Waals surface area contributed by atoms with Crippen LogP contribution in [-0.4, -0.2) is 22.9 Å². The van der Waals surface area contributed by atoms with Gasteiger partial charge in [-0.15, -0.1) is 0 Å². The third-order valence-electron chi connectivity index (χ3n) is 2.63. The molecular formula is C12H18FNO2. The minimum absolute atomic E-state index is 0.0216. The van der Waals surface area contributed by atoms with Crippen LogP contribution in [-0.2, 0) is 6.54 Å². The van der Waals surface area contributed by atoms with Gasteiger partial charge in [-0.05, 0) is 12.0 Å². The topological polar surface area (TPSA) is 52.5 Å². The summed E-state index contributed by atoms with van der Waals surface area (Å²) in [4.78, 5) is 0. The lowest BCUT2D eigenvalue weighted by molar-refractivity contribution is 0.209. The predicted octanol–water partition coefficient (Wildman–Crippen LogP) is 1.64. The van der Waals surface area contributed by atoms with Gasteiger partial charge in [0, 0.05) is 18.2 Å². The first-order chi connectivity index (χ1) is 7.56. The standard InChI is InChI=1S/C12H18FNO2/c1-8(2)11(7-15)14-6-9-4-3-5-10(13)12(9)16/h3-5,8,11,14-16H,6-7H2,1-2H3/t11-/m1/s1. The van der Waals surface area contributed by atoms with Crippen LogP contribution >= 0.6 is 0 Å². The van der Waals surface area contributed by atoms with Crippen molar-refractivity contribution < 1.29 is 14.6 Å². The second-order valence-corrected chi connectivity index (χ2v) is 4.16. The number of halogens is 1. The number of para-hydroxylation sites is 1. The van der Waals surface area contributed by atoms with Gasteiger partial charge in [-0.25, -0.2) is 4.39 Å². The van der Waals surface area contributed by atoms with Crippen molar-refractivity contribution in [3.63, 3.8) is 0 Å². The number of aromatic hydroxyl groups is 1. The molecule has 0 amide bonds. The maximum atomic E-state index is 13.0. The van der Waals surface area contributed by atoms with Gasteiger partial charge in [-0.2, -0.15) is 0 Å². The monoisotopic (exact) mass is 227 g/mol. The van der Waals surface area contributed by atoms with Gasteiger partial charge in [-0.3, -0.25) is 0 Å². The molecular weight excluding hydrogens is 209 g/mol. The molecule has 0 radical (unpaired) electrons. The molecule has 0 saturated heterocycles. The highest BCUT2D eigenvalue weighted by atomic mass is 19.1. The number of phenols is 1. The molecule has 4 heteroatoms. The number of phenolic OH excluding ortho intramolecular Hbond substituents is 1. The van der Waals surface area contributed by atoms with Gasteiger partial charge >= 0.3 is 0 Å². The summed E-state index contributed by atoms with van der Waals surface area (Å²) in [5.41, 5.74) is 0.499. The first-order valence-corrected chi connectivity index (χ1v) is 5.36. The second kappa shape index (κ2) is 5.82. The fraction of sp³-hybridized carbons (Fsp3) is 0.500. The lowest BCUT2D eigenvalue weighted by Crippen LogP contribution is -2.36. The molecule has 1 rings (SSSR count). The quantitative estimate of drug-likeness (QED) is 0.716. The summed E-state index contributed by atoms with van der Waals surface area (Å²) >= 11 is 0. The van der Waals surface area contributed by atoms with Crippen LogP contribution in [0.3, 0.4) is 0 Å². The summed E-state index contributed by atoms with van der Waals surface area (Å²) in [5, 5.41) is 21.6. The molecule has 0 bridgehead atoms. The fourth-order valence-electron chi connectivity index (χ4n) is 1.45. The maximum Gasteiger partial charge on any atom is 0.165 e. The Kier molecular flexibility index (Phi) is 4.71. The van der Waals surface area contributed by atoms with E-state index in [9.17, 15) is 9.50 Å². The van der Waals surface area contributed by atoms with Gasteiger partial charge < -0.3 is 15.5 Å². The van der Waals surface area contributed by atoms with E-state index in [0.29, 0.717) is 12.1 Å². The third-order valence-corrected chi connectivity index (χ3v) is 2.63. The molecule has 1 atom stereocenters. The summed E-state index contributed by atoms with van der Waals surface area (Å²) < 4.78 is 13.0. The zero-order chi connectivity index (χ0) is 12.1. The summed E-state index contributed by atoms with van der Waals surface area (Å²) in [5.74, 6) is -0.666. The minimum Gasteiger partial charge on any atom is -0.505 e. The van der Waals surface area contributed by atoms with Gasteiger partial charge in [0.1, 0.15) is 0 Å². The highest BCUT2D eigenvalue weighted by Crippen LogP contribution is 2.20. The first-order valence-electron chi connectivity index (χ1n) is 5.36. The summed E-state index contributed by atoms with van der Waals surface area (Å²) in [6.45, 7) is 4.33. The Labute approximate surface area is 94.9 Å². The largest absolute Gasteiger partial charge is 0.505 e. The highest BCUT2D eigenvalue weighted by molar-refractivity contribution is 5.33. The molecule has 0 saturated carbocycles. The molecule has 3 N–H and O–H groups in total. The number of aliphatic hydroxyl groups is 1. The van der Waals surface area contributed by atoms with Crippen molar-refractivity contribution in [2.24, 2.45) is 5.92 Å². The Bertz CT molecular complexity index is 342. The lowest BCUT2D eigenvalue weighted by Gasteiger charge is -2.20. The SMILES string of the molecule is CC(C)[C@@H](CO)NCc1cccc(F)c1O. The van der Waals surface area contributed by atoms with Crippen molar-refractivity contribution in [3.8, 4) is 5.75 Å². The van der Waals surface area contributed by atoms with Crippen LogP contribution < -0.4 is 5.32 Å². The molecule has 3 nitrogen and oxygen atoms in total. The summed E-state index contributed by atoms with van der Waals surface area (Å²) in [6.07, 6.45) is 0. The number of hydrogen-bond donors (Lipinski definition) is 3.